The van der Waals surface area contributed by atoms with Gasteiger partial charge in [0.2, 0.25) is 18.2 Å². The molecule has 0 saturated heterocycles. The summed E-state index contributed by atoms with van der Waals surface area (Å²) >= 11 is 0. The van der Waals surface area contributed by atoms with Crippen molar-refractivity contribution in [2.24, 2.45) is 5.92 Å². The number of ether oxygens (including phenoxy) is 1. The Labute approximate surface area is 149 Å². The summed E-state index contributed by atoms with van der Waals surface area (Å²) < 4.78 is 4.54. The van der Waals surface area contributed by atoms with E-state index in [9.17, 15) is 19.2 Å². The number of hydrogen-bond acceptors (Lipinski definition) is 6. The molecule has 3 amide bonds. The Bertz CT molecular complexity index is 469. The lowest BCUT2D eigenvalue weighted by Gasteiger charge is -2.34. The van der Waals surface area contributed by atoms with E-state index in [4.69, 9.17) is 0 Å². The highest BCUT2D eigenvalue weighted by Gasteiger charge is 2.25. The molecule has 0 aromatic heterocycles. The first-order valence-electron chi connectivity index (χ1n) is 8.06. The van der Waals surface area contributed by atoms with Gasteiger partial charge < -0.3 is 19.9 Å². The van der Waals surface area contributed by atoms with Gasteiger partial charge in [-0.05, 0) is 13.0 Å². The lowest BCUT2D eigenvalue weighted by atomic mass is 10.0. The second-order valence-corrected chi connectivity index (χ2v) is 6.34. The summed E-state index contributed by atoms with van der Waals surface area (Å²) in [6.45, 7) is 4.41. The SMILES string of the molecule is COC(=O)CN(C)C(=O)CN(C)C[C@H](C(C)C)N(C)C(=O)CNC=O. The van der Waals surface area contributed by atoms with E-state index in [0.29, 0.717) is 13.0 Å². The van der Waals surface area contributed by atoms with Crippen molar-refractivity contribution in [3.8, 4) is 0 Å². The molecule has 0 aliphatic heterocycles. The van der Waals surface area contributed by atoms with Crippen LogP contribution in [0.15, 0.2) is 0 Å². The van der Waals surface area contributed by atoms with Gasteiger partial charge in [0.05, 0.1) is 20.2 Å². The van der Waals surface area contributed by atoms with Gasteiger partial charge in [0.1, 0.15) is 6.54 Å². The summed E-state index contributed by atoms with van der Waals surface area (Å²) in [6.07, 6.45) is 0.484. The van der Waals surface area contributed by atoms with E-state index in [-0.39, 0.29) is 43.4 Å². The van der Waals surface area contributed by atoms with Crippen LogP contribution in [0, 0.1) is 5.92 Å². The largest absolute Gasteiger partial charge is 0.468 e. The highest BCUT2D eigenvalue weighted by molar-refractivity contribution is 5.83. The zero-order chi connectivity index (χ0) is 19.6. The summed E-state index contributed by atoms with van der Waals surface area (Å²) in [5.41, 5.74) is 0. The quantitative estimate of drug-likeness (QED) is 0.367. The summed E-state index contributed by atoms with van der Waals surface area (Å²) in [6, 6.07) is -0.121. The molecular formula is C16H30N4O5. The highest BCUT2D eigenvalue weighted by atomic mass is 16.5. The number of amides is 3. The predicted molar refractivity (Wildman–Crippen MR) is 92.6 cm³/mol. The van der Waals surface area contributed by atoms with Crippen molar-refractivity contribution in [3.63, 3.8) is 0 Å². The maximum Gasteiger partial charge on any atom is 0.325 e. The highest BCUT2D eigenvalue weighted by Crippen LogP contribution is 2.11. The molecule has 9 nitrogen and oxygen atoms in total. The molecule has 25 heavy (non-hydrogen) atoms. The second kappa shape index (κ2) is 11.4. The Hall–Kier alpha value is -2.16. The molecule has 9 heteroatoms. The lowest BCUT2D eigenvalue weighted by Crippen LogP contribution is -2.50. The van der Waals surface area contributed by atoms with Crippen molar-refractivity contribution >= 4 is 24.2 Å². The Morgan fingerprint density at radius 2 is 1.68 bits per heavy atom. The van der Waals surface area contributed by atoms with Crippen LogP contribution in [0.5, 0.6) is 0 Å². The standard InChI is InChI=1S/C16H30N4O5/c1-12(2)13(20(5)14(22)7-17-11-21)8-18(3)9-15(23)19(4)10-16(24)25-6/h11-13H,7-10H2,1-6H3,(H,17,21)/t13-/m1/s1. The van der Waals surface area contributed by atoms with Crippen molar-refractivity contribution in [1.29, 1.82) is 0 Å². The molecule has 0 aromatic carbocycles. The van der Waals surface area contributed by atoms with Gasteiger partial charge in [-0.1, -0.05) is 13.8 Å². The van der Waals surface area contributed by atoms with Crippen LogP contribution >= 0.6 is 0 Å². The van der Waals surface area contributed by atoms with Gasteiger partial charge in [-0.2, -0.15) is 0 Å². The van der Waals surface area contributed by atoms with Gasteiger partial charge in [0, 0.05) is 26.7 Å². The minimum absolute atomic E-state index is 0.0618. The van der Waals surface area contributed by atoms with E-state index < -0.39 is 5.97 Å². The summed E-state index contributed by atoms with van der Waals surface area (Å²) in [4.78, 5) is 50.5. The maximum absolute atomic E-state index is 12.1. The fraction of sp³-hybridized carbons (Fsp3) is 0.750. The van der Waals surface area contributed by atoms with Gasteiger partial charge in [0.15, 0.2) is 0 Å². The first kappa shape index (κ1) is 22.8. The summed E-state index contributed by atoms with van der Waals surface area (Å²) in [5.74, 6) is -0.734. The Morgan fingerprint density at radius 3 is 2.16 bits per heavy atom. The summed E-state index contributed by atoms with van der Waals surface area (Å²) in [5, 5.41) is 2.36. The van der Waals surface area contributed by atoms with Crippen molar-refractivity contribution in [2.75, 3.05) is 54.4 Å². The second-order valence-electron chi connectivity index (χ2n) is 6.34. The third kappa shape index (κ3) is 8.48. The smallest absolute Gasteiger partial charge is 0.325 e. The number of nitrogens with zero attached hydrogens (tertiary/aromatic N) is 3. The molecule has 0 aliphatic carbocycles. The van der Waals surface area contributed by atoms with E-state index in [1.54, 1.807) is 23.9 Å². The minimum atomic E-state index is -0.480. The van der Waals surface area contributed by atoms with E-state index in [1.807, 2.05) is 13.8 Å². The minimum Gasteiger partial charge on any atom is -0.468 e. The average molecular weight is 358 g/mol. The number of rotatable bonds is 11. The van der Waals surface area contributed by atoms with E-state index >= 15 is 0 Å². The fourth-order valence-corrected chi connectivity index (χ4v) is 2.30. The molecular weight excluding hydrogens is 328 g/mol. The van der Waals surface area contributed by atoms with Crippen LogP contribution in [0.1, 0.15) is 13.8 Å². The molecule has 0 saturated carbocycles. The molecule has 1 atom stereocenters. The van der Waals surface area contributed by atoms with Crippen LogP contribution in [0.2, 0.25) is 0 Å². The zero-order valence-corrected chi connectivity index (χ0v) is 15.9. The number of nitrogens with one attached hydrogen (secondary N) is 1. The van der Waals surface area contributed by atoms with E-state index in [1.165, 1.54) is 19.1 Å². The molecule has 0 aliphatic rings. The molecule has 0 heterocycles. The topological polar surface area (TPSA) is 99.3 Å². The first-order chi connectivity index (χ1) is 11.6. The van der Waals surface area contributed by atoms with Crippen LogP contribution in [0.3, 0.4) is 0 Å². The average Bonchev–Trinajstić information content (AvgIpc) is 2.56. The van der Waals surface area contributed by atoms with Gasteiger partial charge in [-0.3, -0.25) is 24.1 Å². The fourth-order valence-electron chi connectivity index (χ4n) is 2.30. The van der Waals surface area contributed by atoms with Gasteiger partial charge in [-0.25, -0.2) is 0 Å². The Kier molecular flexibility index (Phi) is 10.4. The molecule has 0 radical (unpaired) electrons. The number of methoxy groups -OCH3 is 1. The Morgan fingerprint density at radius 1 is 1.08 bits per heavy atom. The Balaban J connectivity index is 4.70. The molecule has 0 rings (SSSR count). The number of hydrogen-bond donors (Lipinski definition) is 1. The van der Waals surface area contributed by atoms with Crippen LogP contribution in [-0.4, -0.2) is 99.4 Å². The monoisotopic (exact) mass is 358 g/mol. The van der Waals surface area contributed by atoms with Crippen LogP contribution in [0.25, 0.3) is 0 Å². The van der Waals surface area contributed by atoms with Gasteiger partial charge in [-0.15, -0.1) is 0 Å². The van der Waals surface area contributed by atoms with Crippen molar-refractivity contribution in [3.05, 3.63) is 0 Å². The van der Waals surface area contributed by atoms with Crippen molar-refractivity contribution < 1.29 is 23.9 Å². The molecule has 0 spiro atoms. The molecule has 144 valence electrons. The van der Waals surface area contributed by atoms with E-state index in [2.05, 4.69) is 10.1 Å². The normalized spacial score (nSPS) is 11.8. The number of likely N-dealkylation sites (N-methyl/N-ethyl adjacent to an activating group) is 3. The molecule has 0 bridgehead atoms. The zero-order valence-electron chi connectivity index (χ0n) is 15.9. The number of carbonyl (C=O) groups is 4. The van der Waals surface area contributed by atoms with Gasteiger partial charge in [0.25, 0.3) is 0 Å². The van der Waals surface area contributed by atoms with Crippen LogP contribution < -0.4 is 5.32 Å². The van der Waals surface area contributed by atoms with Gasteiger partial charge >= 0.3 is 5.97 Å². The number of esters is 1. The maximum atomic E-state index is 12.1. The molecule has 0 fully saturated rings. The third-order valence-corrected chi connectivity index (χ3v) is 3.92. The van der Waals surface area contributed by atoms with Crippen molar-refractivity contribution in [2.45, 2.75) is 19.9 Å². The third-order valence-electron chi connectivity index (χ3n) is 3.92. The molecule has 0 unspecified atom stereocenters. The van der Waals surface area contributed by atoms with Crippen molar-refractivity contribution in [1.82, 2.24) is 20.0 Å². The van der Waals surface area contributed by atoms with E-state index in [0.717, 1.165) is 0 Å². The number of carbonyl (C=O) groups excluding carboxylic acids is 4. The summed E-state index contributed by atoms with van der Waals surface area (Å²) in [7, 11) is 6.26. The predicted octanol–water partition coefficient (Wildman–Crippen LogP) is -1.22. The first-order valence-corrected chi connectivity index (χ1v) is 8.06. The van der Waals surface area contributed by atoms with Crippen LogP contribution in [-0.2, 0) is 23.9 Å². The molecule has 0 aromatic rings. The molecule has 1 N–H and O–H groups in total. The van der Waals surface area contributed by atoms with Crippen LogP contribution in [0.4, 0.5) is 0 Å². The lowest BCUT2D eigenvalue weighted by molar-refractivity contribution is -0.146.